The maximum Gasteiger partial charge on any atom is 0.389 e. The van der Waals surface area contributed by atoms with Crippen molar-refractivity contribution in [2.75, 3.05) is 18.5 Å². The van der Waals surface area contributed by atoms with E-state index in [4.69, 9.17) is 9.47 Å². The molecule has 0 spiro atoms. The van der Waals surface area contributed by atoms with Gasteiger partial charge in [0.1, 0.15) is 18.5 Å². The fourth-order valence-corrected chi connectivity index (χ4v) is 4.17. The molecule has 41 heavy (non-hydrogen) atoms. The van der Waals surface area contributed by atoms with Crippen LogP contribution in [-0.4, -0.2) is 45.7 Å². The van der Waals surface area contributed by atoms with Gasteiger partial charge in [0.25, 0.3) is 5.56 Å². The number of rotatable bonds is 19. The molecule has 0 saturated heterocycles. The second-order valence-electron chi connectivity index (χ2n) is 10.1. The molecule has 0 amide bonds. The van der Waals surface area contributed by atoms with Crippen molar-refractivity contribution in [2.24, 2.45) is 0 Å². The zero-order chi connectivity index (χ0) is 30.3. The third-order valence-corrected chi connectivity index (χ3v) is 6.37. The van der Waals surface area contributed by atoms with Crippen molar-refractivity contribution < 1.29 is 27.4 Å². The van der Waals surface area contributed by atoms with E-state index in [9.17, 15) is 27.6 Å². The minimum Gasteiger partial charge on any atom is -0.487 e. The van der Waals surface area contributed by atoms with Gasteiger partial charge in [-0.05, 0) is 50.3 Å². The second kappa shape index (κ2) is 17.5. The van der Waals surface area contributed by atoms with E-state index in [0.717, 1.165) is 40.5 Å². The lowest BCUT2D eigenvalue weighted by molar-refractivity contribution is -0.145. The van der Waals surface area contributed by atoms with Crippen molar-refractivity contribution in [3.8, 4) is 5.75 Å². The van der Waals surface area contributed by atoms with E-state index >= 15 is 0 Å². The van der Waals surface area contributed by atoms with Crippen LogP contribution in [0.15, 0.2) is 33.9 Å². The molecule has 0 aliphatic rings. The first-order chi connectivity index (χ1) is 19.5. The van der Waals surface area contributed by atoms with Crippen LogP contribution in [0.5, 0.6) is 5.75 Å². The number of aromatic nitrogens is 3. The summed E-state index contributed by atoms with van der Waals surface area (Å²) in [7, 11) is 0. The Morgan fingerprint density at radius 3 is 2.51 bits per heavy atom. The zero-order valence-corrected chi connectivity index (χ0v) is 24.3. The van der Waals surface area contributed by atoms with Crippen LogP contribution in [0.4, 0.5) is 19.0 Å². The molecule has 0 radical (unpaired) electrons. The smallest absolute Gasteiger partial charge is 0.389 e. The van der Waals surface area contributed by atoms with Crippen LogP contribution in [0.2, 0.25) is 0 Å². The summed E-state index contributed by atoms with van der Waals surface area (Å²) in [6.07, 6.45) is 0.173. The second-order valence-corrected chi connectivity index (χ2v) is 10.1. The third-order valence-electron chi connectivity index (χ3n) is 6.37. The minimum atomic E-state index is -4.33. The summed E-state index contributed by atoms with van der Waals surface area (Å²) in [6, 6.07) is 7.51. The fraction of sp³-hybridized carbons (Fsp3) is 0.655. The highest BCUT2D eigenvalue weighted by Gasteiger charge is 2.26. The van der Waals surface area contributed by atoms with Gasteiger partial charge in [0.2, 0.25) is 5.82 Å². The monoisotopic (exact) mass is 584 g/mol. The number of esters is 1. The van der Waals surface area contributed by atoms with Crippen molar-refractivity contribution in [2.45, 2.75) is 110 Å². The van der Waals surface area contributed by atoms with Crippen molar-refractivity contribution in [3.63, 3.8) is 0 Å². The Morgan fingerprint density at radius 2 is 1.80 bits per heavy atom. The molecule has 1 aromatic carbocycles. The van der Waals surface area contributed by atoms with Gasteiger partial charge >= 0.3 is 17.8 Å². The Bertz CT molecular complexity index is 1200. The summed E-state index contributed by atoms with van der Waals surface area (Å²) in [5.41, 5.74) is -0.254. The number of nitrogens with one attached hydrogen (secondary N) is 1. The number of carbonyl (C=O) groups is 1. The molecule has 2 aromatic rings. The van der Waals surface area contributed by atoms with E-state index in [-0.39, 0.29) is 44.0 Å². The fourth-order valence-electron chi connectivity index (χ4n) is 4.17. The Labute approximate surface area is 239 Å². The number of carbonyl (C=O) groups excluding carboxylic acids is 1. The van der Waals surface area contributed by atoms with Gasteiger partial charge in [-0.1, -0.05) is 51.7 Å². The molecular formula is C29H43F3N4O5. The lowest BCUT2D eigenvalue weighted by Gasteiger charge is -2.15. The summed E-state index contributed by atoms with van der Waals surface area (Å²) < 4.78 is 51.0. The molecule has 2 rings (SSSR count). The quantitative estimate of drug-likeness (QED) is 0.172. The van der Waals surface area contributed by atoms with Crippen LogP contribution in [-0.2, 0) is 29.0 Å². The Balaban J connectivity index is 2.02. The largest absolute Gasteiger partial charge is 0.487 e. The molecule has 0 fully saturated rings. The summed E-state index contributed by atoms with van der Waals surface area (Å²) in [5, 5.41) is 7.06. The molecule has 230 valence electrons. The molecule has 9 nitrogen and oxygen atoms in total. The number of hydrogen-bond donors (Lipinski definition) is 1. The lowest BCUT2D eigenvalue weighted by Crippen LogP contribution is -2.43. The van der Waals surface area contributed by atoms with E-state index < -0.39 is 23.8 Å². The Morgan fingerprint density at radius 1 is 1.05 bits per heavy atom. The van der Waals surface area contributed by atoms with Crippen molar-refractivity contribution in [1.82, 2.24) is 14.3 Å². The van der Waals surface area contributed by atoms with Gasteiger partial charge in [-0.3, -0.25) is 14.2 Å². The highest BCUT2D eigenvalue weighted by atomic mass is 19.4. The summed E-state index contributed by atoms with van der Waals surface area (Å²) in [6.45, 7) is 6.12. The average molecular weight is 585 g/mol. The predicted molar refractivity (Wildman–Crippen MR) is 151 cm³/mol. The molecule has 0 aliphatic carbocycles. The topological polar surface area (TPSA) is 104 Å². The molecule has 12 heteroatoms. The van der Waals surface area contributed by atoms with E-state index in [0.29, 0.717) is 38.0 Å². The van der Waals surface area contributed by atoms with Gasteiger partial charge in [0.05, 0.1) is 0 Å². The summed E-state index contributed by atoms with van der Waals surface area (Å²) >= 11 is 0. The van der Waals surface area contributed by atoms with E-state index in [1.54, 1.807) is 6.92 Å². The van der Waals surface area contributed by atoms with Crippen LogP contribution >= 0.6 is 0 Å². The van der Waals surface area contributed by atoms with Crippen LogP contribution in [0, 0.1) is 0 Å². The first-order valence-electron chi connectivity index (χ1n) is 14.5. The predicted octanol–water partition coefficient (Wildman–Crippen LogP) is 5.48. The van der Waals surface area contributed by atoms with Gasteiger partial charge < -0.3 is 14.8 Å². The average Bonchev–Trinajstić information content (AvgIpc) is 2.92. The molecule has 1 unspecified atom stereocenters. The number of unbranched alkanes of at least 4 members (excludes halogenated alkanes) is 4. The molecule has 0 bridgehead atoms. The number of alkyl halides is 3. The van der Waals surface area contributed by atoms with Crippen LogP contribution in [0.25, 0.3) is 0 Å². The molecule has 0 aliphatic heterocycles. The minimum absolute atomic E-state index is 0.0438. The maximum atomic E-state index is 13.0. The van der Waals surface area contributed by atoms with Gasteiger partial charge in [-0.15, -0.1) is 5.10 Å². The van der Waals surface area contributed by atoms with Crippen molar-refractivity contribution >= 4 is 11.8 Å². The van der Waals surface area contributed by atoms with Crippen LogP contribution < -0.4 is 21.3 Å². The first kappa shape index (κ1) is 33.9. The standard InChI is InChI=1S/C29H43F3N4O5/c1-4-6-7-8-9-18-35-27(38)26(34-36(28(35)39)19-12-16-29(30,31)32)33-17-11-14-23-13-10-15-24(20-23)41-22(3)21-40-25(37)5-2/h10,13,15,20,22H,4-9,11-12,14,16-19,21H2,1-3H3,(H,33,34). The van der Waals surface area contributed by atoms with Crippen molar-refractivity contribution in [1.29, 1.82) is 0 Å². The summed E-state index contributed by atoms with van der Waals surface area (Å²) in [5.74, 6) is 0.314. The van der Waals surface area contributed by atoms with Gasteiger partial charge in [-0.25, -0.2) is 9.48 Å². The zero-order valence-electron chi connectivity index (χ0n) is 24.3. The lowest BCUT2D eigenvalue weighted by atomic mass is 10.1. The summed E-state index contributed by atoms with van der Waals surface area (Å²) in [4.78, 5) is 37.2. The molecule has 1 N–H and O–H groups in total. The maximum absolute atomic E-state index is 13.0. The number of halogens is 3. The van der Waals surface area contributed by atoms with Gasteiger partial charge in [0, 0.05) is 32.5 Å². The molecule has 0 saturated carbocycles. The van der Waals surface area contributed by atoms with E-state index in [2.05, 4.69) is 17.3 Å². The number of anilines is 1. The van der Waals surface area contributed by atoms with Gasteiger partial charge in [-0.2, -0.15) is 13.2 Å². The number of aryl methyl sites for hydroxylation is 2. The Kier molecular flexibility index (Phi) is 14.5. The van der Waals surface area contributed by atoms with E-state index in [1.165, 1.54) is 0 Å². The van der Waals surface area contributed by atoms with Crippen LogP contribution in [0.1, 0.15) is 84.1 Å². The number of hydrogen-bond acceptors (Lipinski definition) is 7. The molecule has 1 aromatic heterocycles. The molecule has 1 heterocycles. The van der Waals surface area contributed by atoms with E-state index in [1.807, 2.05) is 31.2 Å². The number of nitrogens with zero attached hydrogens (tertiary/aromatic N) is 3. The molecule has 1 atom stereocenters. The van der Waals surface area contributed by atoms with Crippen molar-refractivity contribution in [3.05, 3.63) is 50.7 Å². The number of benzene rings is 1. The SMILES string of the molecule is CCCCCCCn1c(=O)c(NCCCc2cccc(OC(C)COC(=O)CC)c2)nn(CCCC(F)(F)F)c1=O. The molecular weight excluding hydrogens is 541 g/mol. The first-order valence-corrected chi connectivity index (χ1v) is 14.5. The highest BCUT2D eigenvalue weighted by molar-refractivity contribution is 5.68. The number of ether oxygens (including phenoxy) is 2. The Hall–Kier alpha value is -3.31. The highest BCUT2D eigenvalue weighted by Crippen LogP contribution is 2.21. The van der Waals surface area contributed by atoms with Gasteiger partial charge in [0.15, 0.2) is 0 Å². The normalized spacial score (nSPS) is 12.2. The third kappa shape index (κ3) is 12.8. The van der Waals surface area contributed by atoms with Crippen LogP contribution in [0.3, 0.4) is 0 Å².